The van der Waals surface area contributed by atoms with E-state index in [1.54, 1.807) is 17.1 Å². The van der Waals surface area contributed by atoms with Gasteiger partial charge in [-0.05, 0) is 51.7 Å². The lowest BCUT2D eigenvalue weighted by atomic mass is 9.93. The topological polar surface area (TPSA) is 99.2 Å². The molecule has 1 heterocycles. The Balaban J connectivity index is 2.72. The summed E-state index contributed by atoms with van der Waals surface area (Å²) in [5, 5.41) is 8.65. The number of likely N-dealkylation sites (tertiary alicyclic amines) is 1. The van der Waals surface area contributed by atoms with E-state index < -0.39 is 5.60 Å². The molecule has 10 heteroatoms. The number of allylic oxidation sites excluding steroid dienone is 6. The van der Waals surface area contributed by atoms with Crippen molar-refractivity contribution in [3.8, 4) is 0 Å². The minimum atomic E-state index is -0.616. The first-order valence-electron chi connectivity index (χ1n) is 15.2. The monoisotopic (exact) mass is 608 g/mol. The van der Waals surface area contributed by atoms with Crippen LogP contribution < -0.4 is 0 Å². The van der Waals surface area contributed by atoms with Crippen LogP contribution in [0.3, 0.4) is 0 Å². The molecule has 1 aliphatic rings. The van der Waals surface area contributed by atoms with Gasteiger partial charge in [0.25, 0.3) is 0 Å². The van der Waals surface area contributed by atoms with Crippen molar-refractivity contribution in [2.24, 2.45) is 5.92 Å². The summed E-state index contributed by atoms with van der Waals surface area (Å²) < 4.78 is 33.7. The van der Waals surface area contributed by atoms with Crippen LogP contribution >= 0.6 is 0 Å². The Morgan fingerprint density at radius 3 is 1.98 bits per heavy atom. The molecule has 1 rings (SSSR count). The number of carbonyl (C=O) groups is 1. The van der Waals surface area contributed by atoms with Gasteiger partial charge >= 0.3 is 6.09 Å². The lowest BCUT2D eigenvalue weighted by Crippen LogP contribution is -2.38. The first-order chi connectivity index (χ1) is 20.6. The average Bonchev–Trinajstić information content (AvgIpc) is 3.07. The number of aliphatic hydroxyl groups excluding tert-OH is 1. The molecule has 0 aliphatic carbocycles. The third-order valence-electron chi connectivity index (χ3n) is 6.44. The largest absolute Gasteiger partial charge is 0.477 e. The molecule has 0 saturated carbocycles. The van der Waals surface area contributed by atoms with Gasteiger partial charge in [0.2, 0.25) is 0 Å². The molecular formula is C33H56N2O8. The zero-order chi connectivity index (χ0) is 32.1. The Hall–Kier alpha value is -2.63. The van der Waals surface area contributed by atoms with Crippen LogP contribution in [0.5, 0.6) is 0 Å². The Morgan fingerprint density at radius 2 is 1.49 bits per heavy atom. The molecule has 0 spiro atoms. The molecule has 1 amide bonds. The molecular weight excluding hydrogens is 552 g/mol. The highest BCUT2D eigenvalue weighted by Crippen LogP contribution is 2.36. The number of rotatable bonds is 20. The summed E-state index contributed by atoms with van der Waals surface area (Å²) in [5.41, 5.74) is 1.14. The predicted octanol–water partition coefficient (Wildman–Crippen LogP) is 5.42. The van der Waals surface area contributed by atoms with Crippen LogP contribution in [0.15, 0.2) is 60.8 Å². The van der Waals surface area contributed by atoms with E-state index >= 15 is 0 Å². The minimum absolute atomic E-state index is 0.0128. The van der Waals surface area contributed by atoms with E-state index in [4.69, 9.17) is 33.5 Å². The van der Waals surface area contributed by atoms with E-state index in [0.29, 0.717) is 78.2 Å². The molecule has 1 N–H and O–H groups in total. The van der Waals surface area contributed by atoms with E-state index in [1.807, 2.05) is 40.0 Å². The Morgan fingerprint density at radius 1 is 0.930 bits per heavy atom. The maximum Gasteiger partial charge on any atom is 0.418 e. The fourth-order valence-corrected chi connectivity index (χ4v) is 4.56. The highest BCUT2D eigenvalue weighted by Gasteiger charge is 2.36. The summed E-state index contributed by atoms with van der Waals surface area (Å²) in [6, 6.07) is 0.0304. The third kappa shape index (κ3) is 15.6. The van der Waals surface area contributed by atoms with Crippen molar-refractivity contribution in [2.75, 3.05) is 73.1 Å². The molecule has 1 unspecified atom stereocenters. The lowest BCUT2D eigenvalue weighted by molar-refractivity contribution is -0.0136. The molecule has 1 saturated heterocycles. The second-order valence-corrected chi connectivity index (χ2v) is 11.1. The van der Waals surface area contributed by atoms with Crippen LogP contribution in [-0.2, 0) is 28.4 Å². The summed E-state index contributed by atoms with van der Waals surface area (Å²) in [5.74, 6) is 0.877. The number of carbonyl (C=O) groups excluding carboxylic acids is 1. The normalized spacial score (nSPS) is 19.8. The molecule has 10 nitrogen and oxygen atoms in total. The van der Waals surface area contributed by atoms with E-state index in [0.717, 1.165) is 17.8 Å². The van der Waals surface area contributed by atoms with E-state index in [9.17, 15) is 4.79 Å². The molecule has 2 atom stereocenters. The zero-order valence-corrected chi connectivity index (χ0v) is 27.3. The second kappa shape index (κ2) is 22.0. The van der Waals surface area contributed by atoms with E-state index in [-0.39, 0.29) is 24.7 Å². The lowest BCUT2D eigenvalue weighted by Gasteiger charge is -2.34. The maximum atomic E-state index is 13.4. The number of ether oxygens (including phenoxy) is 6. The molecule has 0 aromatic heterocycles. The van der Waals surface area contributed by atoms with Crippen LogP contribution in [0.1, 0.15) is 53.9 Å². The summed E-state index contributed by atoms with van der Waals surface area (Å²) in [6.07, 6.45) is 11.0. The number of hydrogen-bond donors (Lipinski definition) is 1. The molecule has 0 aromatic rings. The van der Waals surface area contributed by atoms with Gasteiger partial charge in [0, 0.05) is 30.9 Å². The first-order valence-corrected chi connectivity index (χ1v) is 15.2. The standard InChI is InChI=1S/C33H56N2O8/c1-9-12-28-25-27(4)30(26-29(13-10-2)35(28)32(37)43-33(5,6)7)34(8)31(14-11-3)42-24-23-41-22-21-40-20-19-39-18-17-38-16-15-36/h10-14,27,30,36H,2-3,9,15-26H2,1,4-8H3/b28-12+,29-13+,31-14+/t27-,30?/m0/s1. The molecule has 1 aliphatic heterocycles. The fourth-order valence-electron chi connectivity index (χ4n) is 4.56. The van der Waals surface area contributed by atoms with Gasteiger partial charge in [-0.2, -0.15) is 0 Å². The van der Waals surface area contributed by atoms with Gasteiger partial charge in [0.1, 0.15) is 12.2 Å². The smallest absolute Gasteiger partial charge is 0.418 e. The number of hydrogen-bond acceptors (Lipinski definition) is 9. The van der Waals surface area contributed by atoms with Gasteiger partial charge in [-0.15, -0.1) is 0 Å². The fraction of sp³-hybridized carbons (Fsp3) is 0.667. The van der Waals surface area contributed by atoms with Crippen LogP contribution in [0, 0.1) is 5.92 Å². The Kier molecular flexibility index (Phi) is 19.6. The molecule has 0 bridgehead atoms. The van der Waals surface area contributed by atoms with Crippen LogP contribution in [0.2, 0.25) is 0 Å². The number of aliphatic hydroxyl groups is 1. The van der Waals surface area contributed by atoms with Crippen molar-refractivity contribution in [3.05, 3.63) is 60.8 Å². The summed E-state index contributed by atoms with van der Waals surface area (Å²) in [7, 11) is 2.00. The van der Waals surface area contributed by atoms with Gasteiger partial charge in [-0.3, -0.25) is 4.90 Å². The SMILES string of the molecule is C=C/C=C1\CC(N(C)/C(=C\C=C)OCCOCCOCCOCCOCCO)[C@@H](C)C/C(=C\CC)N1C(=O)OC(C)(C)C. The highest BCUT2D eigenvalue weighted by atomic mass is 16.6. The Bertz CT molecular complexity index is 909. The second-order valence-electron chi connectivity index (χ2n) is 11.1. The molecule has 43 heavy (non-hydrogen) atoms. The van der Waals surface area contributed by atoms with Crippen LogP contribution in [0.4, 0.5) is 4.79 Å². The van der Waals surface area contributed by atoms with Crippen molar-refractivity contribution >= 4 is 6.09 Å². The van der Waals surface area contributed by atoms with Crippen molar-refractivity contribution in [3.63, 3.8) is 0 Å². The van der Waals surface area contributed by atoms with Crippen molar-refractivity contribution in [2.45, 2.75) is 65.5 Å². The first kappa shape index (κ1) is 38.4. The number of amides is 1. The van der Waals surface area contributed by atoms with Crippen LogP contribution in [0.25, 0.3) is 0 Å². The predicted molar refractivity (Wildman–Crippen MR) is 169 cm³/mol. The van der Waals surface area contributed by atoms with Crippen molar-refractivity contribution < 1.29 is 38.3 Å². The molecule has 0 radical (unpaired) electrons. The van der Waals surface area contributed by atoms with Gasteiger partial charge in [-0.1, -0.05) is 45.2 Å². The summed E-state index contributed by atoms with van der Waals surface area (Å²) in [6.45, 7) is 21.5. The van der Waals surface area contributed by atoms with Gasteiger partial charge in [0.15, 0.2) is 5.88 Å². The minimum Gasteiger partial charge on any atom is -0.477 e. The molecule has 246 valence electrons. The van der Waals surface area contributed by atoms with Gasteiger partial charge in [-0.25, -0.2) is 4.79 Å². The van der Waals surface area contributed by atoms with Crippen LogP contribution in [-0.4, -0.2) is 106 Å². The van der Waals surface area contributed by atoms with Gasteiger partial charge in [0.05, 0.1) is 59.5 Å². The number of nitrogens with zero attached hydrogens (tertiary/aromatic N) is 2. The zero-order valence-electron chi connectivity index (χ0n) is 27.3. The third-order valence-corrected chi connectivity index (χ3v) is 6.44. The maximum absolute atomic E-state index is 13.4. The quantitative estimate of drug-likeness (QED) is 0.110. The molecule has 0 aromatic carbocycles. The van der Waals surface area contributed by atoms with Crippen molar-refractivity contribution in [1.82, 2.24) is 9.80 Å². The molecule has 1 fully saturated rings. The summed E-state index contributed by atoms with van der Waals surface area (Å²) in [4.78, 5) is 17.2. The summed E-state index contributed by atoms with van der Waals surface area (Å²) >= 11 is 0. The highest BCUT2D eigenvalue weighted by molar-refractivity contribution is 5.73. The van der Waals surface area contributed by atoms with E-state index in [2.05, 4.69) is 38.0 Å². The van der Waals surface area contributed by atoms with Gasteiger partial charge < -0.3 is 38.4 Å². The average molecular weight is 609 g/mol. The Labute approximate surface area is 259 Å². The van der Waals surface area contributed by atoms with Crippen molar-refractivity contribution in [1.29, 1.82) is 0 Å². The van der Waals surface area contributed by atoms with E-state index in [1.165, 1.54) is 0 Å².